The Bertz CT molecular complexity index is 2020. The number of carbonyl (C=O) groups excluding carboxylic acids is 1. The monoisotopic (exact) mass is 792 g/mol. The van der Waals surface area contributed by atoms with Crippen molar-refractivity contribution in [3.05, 3.63) is 116 Å². The molecule has 240 valence electrons. The molecule has 1 aliphatic rings. The van der Waals surface area contributed by atoms with Gasteiger partial charge in [-0.15, -0.1) is 0 Å². The van der Waals surface area contributed by atoms with Crippen molar-refractivity contribution in [1.82, 2.24) is 4.57 Å². The summed E-state index contributed by atoms with van der Waals surface area (Å²) in [5, 5.41) is 1.10. The van der Waals surface area contributed by atoms with Crippen molar-refractivity contribution in [2.45, 2.75) is 46.4 Å². The van der Waals surface area contributed by atoms with Crippen LogP contribution >= 0.6 is 57.1 Å². The molecule has 1 atom stereocenters. The first-order valence-electron chi connectivity index (χ1n) is 14.4. The van der Waals surface area contributed by atoms with Crippen LogP contribution in [0.25, 0.3) is 6.08 Å². The Labute approximate surface area is 294 Å². The SMILES string of the molecule is CCOC(=O)C1=C(C)N=c2s/c(=C\c3ccc(OCc4ccc(Cl)cc4Cl)c(I)c3)c(=O)n2[C@@H]1c1ccc(OC(C)C)c(OC)c1. The molecule has 0 spiro atoms. The van der Waals surface area contributed by atoms with E-state index in [1.165, 1.54) is 11.3 Å². The van der Waals surface area contributed by atoms with E-state index in [1.807, 2.05) is 50.3 Å². The molecular formula is C34H31Cl2IN2O6S. The second-order valence-corrected chi connectivity index (χ2v) is 13.6. The zero-order valence-corrected chi connectivity index (χ0v) is 30.2. The number of fused-ring (bicyclic) bond motifs is 1. The number of hydrogen-bond donors (Lipinski definition) is 0. The Morgan fingerprint density at radius 2 is 1.85 bits per heavy atom. The van der Waals surface area contributed by atoms with Crippen LogP contribution in [0.15, 0.2) is 75.7 Å². The average molecular weight is 794 g/mol. The normalized spacial score (nSPS) is 14.6. The molecule has 46 heavy (non-hydrogen) atoms. The highest BCUT2D eigenvalue weighted by atomic mass is 127. The van der Waals surface area contributed by atoms with Crippen LogP contribution in [0.3, 0.4) is 0 Å². The zero-order chi connectivity index (χ0) is 33.1. The van der Waals surface area contributed by atoms with Crippen LogP contribution in [-0.4, -0.2) is 30.4 Å². The highest BCUT2D eigenvalue weighted by Gasteiger charge is 2.34. The summed E-state index contributed by atoms with van der Waals surface area (Å²) in [5.74, 6) is 1.19. The molecule has 4 aromatic rings. The number of nitrogens with zero attached hydrogens (tertiary/aromatic N) is 2. The average Bonchev–Trinajstić information content (AvgIpc) is 3.30. The van der Waals surface area contributed by atoms with Gasteiger partial charge in [-0.2, -0.15) is 0 Å². The Morgan fingerprint density at radius 1 is 1.09 bits per heavy atom. The van der Waals surface area contributed by atoms with E-state index >= 15 is 0 Å². The maximum atomic E-state index is 14.1. The van der Waals surface area contributed by atoms with Crippen LogP contribution in [0.1, 0.15) is 50.4 Å². The third kappa shape index (κ3) is 7.30. The van der Waals surface area contributed by atoms with E-state index < -0.39 is 12.0 Å². The van der Waals surface area contributed by atoms with E-state index in [1.54, 1.807) is 49.8 Å². The topological polar surface area (TPSA) is 88.4 Å². The summed E-state index contributed by atoms with van der Waals surface area (Å²) in [7, 11) is 1.55. The van der Waals surface area contributed by atoms with Crippen LogP contribution < -0.4 is 29.1 Å². The van der Waals surface area contributed by atoms with Crippen molar-refractivity contribution in [3.63, 3.8) is 0 Å². The smallest absolute Gasteiger partial charge is 0.338 e. The molecule has 2 heterocycles. The molecule has 0 aliphatic carbocycles. The molecule has 0 saturated carbocycles. The summed E-state index contributed by atoms with van der Waals surface area (Å²) in [6.07, 6.45) is 1.74. The molecule has 0 unspecified atom stereocenters. The van der Waals surface area contributed by atoms with Gasteiger partial charge in [0, 0.05) is 15.6 Å². The first kappa shape index (κ1) is 34.0. The summed E-state index contributed by atoms with van der Waals surface area (Å²) in [6.45, 7) is 7.81. The lowest BCUT2D eigenvalue weighted by molar-refractivity contribution is -0.139. The number of rotatable bonds is 10. The molecule has 3 aromatic carbocycles. The van der Waals surface area contributed by atoms with Crippen LogP contribution in [0.4, 0.5) is 0 Å². The number of carbonyl (C=O) groups is 1. The Balaban J connectivity index is 1.54. The predicted molar refractivity (Wildman–Crippen MR) is 189 cm³/mol. The first-order valence-corrected chi connectivity index (χ1v) is 17.1. The number of ether oxygens (including phenoxy) is 4. The van der Waals surface area contributed by atoms with Crippen molar-refractivity contribution >= 4 is 69.2 Å². The minimum atomic E-state index is -0.782. The fraction of sp³-hybridized carbons (Fsp3) is 0.265. The van der Waals surface area contributed by atoms with E-state index in [0.717, 1.165) is 14.7 Å². The third-order valence-corrected chi connectivity index (χ3v) is 9.45. The Morgan fingerprint density at radius 3 is 2.52 bits per heavy atom. The van der Waals surface area contributed by atoms with Gasteiger partial charge in [-0.25, -0.2) is 9.79 Å². The van der Waals surface area contributed by atoms with Gasteiger partial charge in [-0.05, 0) is 104 Å². The number of esters is 1. The summed E-state index contributed by atoms with van der Waals surface area (Å²) >= 11 is 15.8. The zero-order valence-electron chi connectivity index (χ0n) is 25.7. The Kier molecular flexibility index (Phi) is 10.8. The fourth-order valence-electron chi connectivity index (χ4n) is 4.98. The van der Waals surface area contributed by atoms with Crippen LogP contribution in [0, 0.1) is 3.57 Å². The van der Waals surface area contributed by atoms with Gasteiger partial charge in [0.1, 0.15) is 12.4 Å². The second kappa shape index (κ2) is 14.6. The maximum absolute atomic E-state index is 14.1. The number of hydrogen-bond acceptors (Lipinski definition) is 8. The van der Waals surface area contributed by atoms with Crippen molar-refractivity contribution in [2.75, 3.05) is 13.7 Å². The number of benzene rings is 3. The Hall–Kier alpha value is -3.32. The van der Waals surface area contributed by atoms with Gasteiger partial charge >= 0.3 is 5.97 Å². The molecule has 1 aliphatic heterocycles. The highest BCUT2D eigenvalue weighted by Crippen LogP contribution is 2.36. The summed E-state index contributed by atoms with van der Waals surface area (Å²) < 4.78 is 25.8. The van der Waals surface area contributed by atoms with Crippen molar-refractivity contribution in [2.24, 2.45) is 4.99 Å². The molecule has 0 N–H and O–H groups in total. The van der Waals surface area contributed by atoms with Crippen LogP contribution in [-0.2, 0) is 16.1 Å². The molecule has 0 bridgehead atoms. The minimum absolute atomic E-state index is 0.0691. The molecule has 1 aromatic heterocycles. The lowest BCUT2D eigenvalue weighted by Crippen LogP contribution is -2.40. The van der Waals surface area contributed by atoms with E-state index in [4.69, 9.17) is 42.1 Å². The second-order valence-electron chi connectivity index (χ2n) is 10.6. The number of allylic oxidation sites excluding steroid dienone is 1. The van der Waals surface area contributed by atoms with E-state index in [0.29, 0.717) is 47.9 Å². The number of halogens is 3. The van der Waals surface area contributed by atoms with Gasteiger partial charge in [0.05, 0.1) is 45.2 Å². The van der Waals surface area contributed by atoms with Gasteiger partial charge in [-0.1, -0.05) is 52.7 Å². The maximum Gasteiger partial charge on any atom is 0.338 e. The summed E-state index contributed by atoms with van der Waals surface area (Å²) in [6, 6.07) is 15.6. The number of aromatic nitrogens is 1. The molecule has 0 radical (unpaired) electrons. The molecular weight excluding hydrogens is 762 g/mol. The first-order chi connectivity index (χ1) is 22.0. The predicted octanol–water partition coefficient (Wildman–Crippen LogP) is 7.08. The van der Waals surface area contributed by atoms with Gasteiger partial charge < -0.3 is 18.9 Å². The minimum Gasteiger partial charge on any atom is -0.493 e. The van der Waals surface area contributed by atoms with Crippen LogP contribution in [0.5, 0.6) is 17.2 Å². The summed E-state index contributed by atoms with van der Waals surface area (Å²) in [5.41, 5.74) is 2.78. The largest absolute Gasteiger partial charge is 0.493 e. The number of thiazole rings is 1. The lowest BCUT2D eigenvalue weighted by Gasteiger charge is -2.25. The van der Waals surface area contributed by atoms with Crippen molar-refractivity contribution in [1.29, 1.82) is 0 Å². The van der Waals surface area contributed by atoms with Gasteiger partial charge in [0.2, 0.25) is 0 Å². The van der Waals surface area contributed by atoms with Gasteiger partial charge in [-0.3, -0.25) is 9.36 Å². The molecule has 5 rings (SSSR count). The molecule has 0 amide bonds. The van der Waals surface area contributed by atoms with Gasteiger partial charge in [0.25, 0.3) is 5.56 Å². The van der Waals surface area contributed by atoms with E-state index in [-0.39, 0.29) is 30.5 Å². The lowest BCUT2D eigenvalue weighted by atomic mass is 9.95. The molecule has 8 nitrogen and oxygen atoms in total. The quantitative estimate of drug-likeness (QED) is 0.126. The summed E-state index contributed by atoms with van der Waals surface area (Å²) in [4.78, 5) is 32.5. The van der Waals surface area contributed by atoms with Crippen LogP contribution in [0.2, 0.25) is 10.0 Å². The highest BCUT2D eigenvalue weighted by molar-refractivity contribution is 14.1. The third-order valence-electron chi connectivity index (χ3n) is 7.04. The fourth-order valence-corrected chi connectivity index (χ4v) is 7.19. The van der Waals surface area contributed by atoms with E-state index in [2.05, 4.69) is 27.6 Å². The van der Waals surface area contributed by atoms with Gasteiger partial charge in [0.15, 0.2) is 16.3 Å². The van der Waals surface area contributed by atoms with E-state index in [9.17, 15) is 9.59 Å². The van der Waals surface area contributed by atoms with Crippen molar-refractivity contribution in [3.8, 4) is 17.2 Å². The molecule has 12 heteroatoms. The number of methoxy groups -OCH3 is 1. The molecule has 0 fully saturated rings. The standard InChI is InChI=1S/C34H31Cl2IN2O6S/c1-6-43-33(41)30-19(4)38-34-39(31(30)21-9-12-27(45-18(2)3)28(15-21)42-5)32(40)29(46-34)14-20-7-11-26(25(37)13-20)44-17-22-8-10-23(35)16-24(22)36/h7-16,18,31H,6,17H2,1-5H3/b29-14-/t31-/m1/s1. The molecule has 0 saturated heterocycles. The van der Waals surface area contributed by atoms with Crippen molar-refractivity contribution < 1.29 is 23.7 Å².